The van der Waals surface area contributed by atoms with Crippen LogP contribution >= 0.6 is 0 Å². The van der Waals surface area contributed by atoms with Gasteiger partial charge in [0.05, 0.1) is 0 Å². The molecule has 18 heavy (non-hydrogen) atoms. The lowest BCUT2D eigenvalue weighted by Gasteiger charge is -2.35. The SMILES string of the molecule is CC(Cc1ccccc1F)N1CCC(CN)CC1. The lowest BCUT2D eigenvalue weighted by molar-refractivity contribution is 0.142. The van der Waals surface area contributed by atoms with Crippen LogP contribution in [-0.2, 0) is 6.42 Å². The second-order valence-electron chi connectivity index (χ2n) is 5.36. The van der Waals surface area contributed by atoms with E-state index in [9.17, 15) is 4.39 Å². The van der Waals surface area contributed by atoms with Crippen LogP contribution in [0.4, 0.5) is 4.39 Å². The normalized spacial score (nSPS) is 19.9. The van der Waals surface area contributed by atoms with Gasteiger partial charge in [-0.3, -0.25) is 0 Å². The minimum absolute atomic E-state index is 0.0822. The summed E-state index contributed by atoms with van der Waals surface area (Å²) >= 11 is 0. The van der Waals surface area contributed by atoms with E-state index in [-0.39, 0.29) is 5.82 Å². The third kappa shape index (κ3) is 3.30. The van der Waals surface area contributed by atoms with Crippen molar-refractivity contribution in [3.05, 3.63) is 35.6 Å². The summed E-state index contributed by atoms with van der Waals surface area (Å²) in [5, 5.41) is 0. The zero-order chi connectivity index (χ0) is 13.0. The Morgan fingerprint density at radius 1 is 1.33 bits per heavy atom. The Hall–Kier alpha value is -0.930. The van der Waals surface area contributed by atoms with E-state index in [0.29, 0.717) is 12.0 Å². The molecule has 3 heteroatoms. The van der Waals surface area contributed by atoms with Crippen LogP contribution < -0.4 is 5.73 Å². The molecule has 1 aliphatic heterocycles. The maximum atomic E-state index is 13.6. The molecule has 1 unspecified atom stereocenters. The Bertz CT molecular complexity index is 373. The first-order chi connectivity index (χ1) is 8.70. The highest BCUT2D eigenvalue weighted by atomic mass is 19.1. The van der Waals surface area contributed by atoms with E-state index in [1.165, 1.54) is 12.8 Å². The largest absolute Gasteiger partial charge is 0.330 e. The van der Waals surface area contributed by atoms with Crippen molar-refractivity contribution in [3.8, 4) is 0 Å². The number of likely N-dealkylation sites (tertiary alicyclic amines) is 1. The van der Waals surface area contributed by atoms with Crippen LogP contribution in [0.5, 0.6) is 0 Å². The summed E-state index contributed by atoms with van der Waals surface area (Å²) in [7, 11) is 0. The topological polar surface area (TPSA) is 29.3 Å². The van der Waals surface area contributed by atoms with Gasteiger partial charge in [0.2, 0.25) is 0 Å². The standard InChI is InChI=1S/C15H23FN2/c1-12(10-14-4-2-3-5-15(14)16)18-8-6-13(11-17)7-9-18/h2-5,12-13H,6-11,17H2,1H3. The summed E-state index contributed by atoms with van der Waals surface area (Å²) in [5.41, 5.74) is 6.53. The number of hydrogen-bond acceptors (Lipinski definition) is 2. The van der Waals surface area contributed by atoms with Crippen LogP contribution in [0.2, 0.25) is 0 Å². The van der Waals surface area contributed by atoms with Gasteiger partial charge in [0.15, 0.2) is 0 Å². The third-order valence-corrected chi connectivity index (χ3v) is 4.08. The number of nitrogens with zero attached hydrogens (tertiary/aromatic N) is 1. The van der Waals surface area contributed by atoms with Gasteiger partial charge >= 0.3 is 0 Å². The molecule has 0 radical (unpaired) electrons. The molecule has 1 aromatic carbocycles. The third-order valence-electron chi connectivity index (χ3n) is 4.08. The van der Waals surface area contributed by atoms with E-state index in [2.05, 4.69) is 11.8 Å². The van der Waals surface area contributed by atoms with Gasteiger partial charge in [0, 0.05) is 6.04 Å². The fraction of sp³-hybridized carbons (Fsp3) is 0.600. The lowest BCUT2D eigenvalue weighted by atomic mass is 9.95. The van der Waals surface area contributed by atoms with Gasteiger partial charge in [0.1, 0.15) is 5.82 Å². The molecular weight excluding hydrogens is 227 g/mol. The molecule has 2 nitrogen and oxygen atoms in total. The van der Waals surface area contributed by atoms with Gasteiger partial charge in [-0.1, -0.05) is 18.2 Å². The maximum absolute atomic E-state index is 13.6. The smallest absolute Gasteiger partial charge is 0.126 e. The molecule has 0 aliphatic carbocycles. The molecule has 1 saturated heterocycles. The molecule has 1 aliphatic rings. The second kappa shape index (κ2) is 6.30. The minimum Gasteiger partial charge on any atom is -0.330 e. The summed E-state index contributed by atoms with van der Waals surface area (Å²) in [6.07, 6.45) is 3.15. The van der Waals surface area contributed by atoms with Crippen LogP contribution in [0, 0.1) is 11.7 Å². The predicted molar refractivity (Wildman–Crippen MR) is 72.9 cm³/mol. The Labute approximate surface area is 109 Å². The zero-order valence-corrected chi connectivity index (χ0v) is 11.1. The van der Waals surface area contributed by atoms with Crippen LogP contribution in [0.1, 0.15) is 25.3 Å². The highest BCUT2D eigenvalue weighted by Crippen LogP contribution is 2.20. The Kier molecular flexibility index (Phi) is 4.72. The van der Waals surface area contributed by atoms with Crippen LogP contribution in [0.3, 0.4) is 0 Å². The average Bonchev–Trinajstić information content (AvgIpc) is 2.41. The monoisotopic (exact) mass is 250 g/mol. The van der Waals surface area contributed by atoms with Crippen molar-refractivity contribution in [2.24, 2.45) is 11.7 Å². The first-order valence-corrected chi connectivity index (χ1v) is 6.88. The highest BCUT2D eigenvalue weighted by Gasteiger charge is 2.22. The Balaban J connectivity index is 1.89. The quantitative estimate of drug-likeness (QED) is 0.889. The van der Waals surface area contributed by atoms with Gasteiger partial charge in [-0.25, -0.2) is 4.39 Å². The van der Waals surface area contributed by atoms with E-state index < -0.39 is 0 Å². The molecule has 1 heterocycles. The van der Waals surface area contributed by atoms with E-state index in [0.717, 1.165) is 31.6 Å². The lowest BCUT2D eigenvalue weighted by Crippen LogP contribution is -2.42. The summed E-state index contributed by atoms with van der Waals surface area (Å²) in [4.78, 5) is 2.46. The fourth-order valence-corrected chi connectivity index (χ4v) is 2.74. The molecular formula is C15H23FN2. The number of hydrogen-bond donors (Lipinski definition) is 1. The molecule has 1 atom stereocenters. The summed E-state index contributed by atoms with van der Waals surface area (Å²) in [6.45, 7) is 5.18. The highest BCUT2D eigenvalue weighted by molar-refractivity contribution is 5.18. The van der Waals surface area contributed by atoms with Crippen LogP contribution in [0.15, 0.2) is 24.3 Å². The first-order valence-electron chi connectivity index (χ1n) is 6.88. The molecule has 0 saturated carbocycles. The number of halogens is 1. The predicted octanol–water partition coefficient (Wildman–Crippen LogP) is 2.43. The van der Waals surface area contributed by atoms with Crippen molar-refractivity contribution in [1.29, 1.82) is 0 Å². The van der Waals surface area contributed by atoms with E-state index in [1.54, 1.807) is 12.1 Å². The number of rotatable bonds is 4. The van der Waals surface area contributed by atoms with Crippen molar-refractivity contribution in [2.75, 3.05) is 19.6 Å². The second-order valence-corrected chi connectivity index (χ2v) is 5.36. The number of nitrogens with two attached hydrogens (primary N) is 1. The maximum Gasteiger partial charge on any atom is 0.126 e. The minimum atomic E-state index is -0.0822. The molecule has 0 spiro atoms. The molecule has 0 aromatic heterocycles. The van der Waals surface area contributed by atoms with Gasteiger partial charge in [-0.15, -0.1) is 0 Å². The van der Waals surface area contributed by atoms with Crippen molar-refractivity contribution in [2.45, 2.75) is 32.2 Å². The van der Waals surface area contributed by atoms with Gasteiger partial charge in [0.25, 0.3) is 0 Å². The van der Waals surface area contributed by atoms with Gasteiger partial charge < -0.3 is 10.6 Å². The van der Waals surface area contributed by atoms with E-state index in [1.807, 2.05) is 12.1 Å². The van der Waals surface area contributed by atoms with Gasteiger partial charge in [-0.05, 0) is 63.4 Å². The van der Waals surface area contributed by atoms with Crippen molar-refractivity contribution in [1.82, 2.24) is 4.90 Å². The summed E-state index contributed by atoms with van der Waals surface area (Å²) in [6, 6.07) is 7.49. The molecule has 1 aromatic rings. The zero-order valence-electron chi connectivity index (χ0n) is 11.1. The molecule has 1 fully saturated rings. The van der Waals surface area contributed by atoms with Crippen molar-refractivity contribution in [3.63, 3.8) is 0 Å². The van der Waals surface area contributed by atoms with Crippen LogP contribution in [0.25, 0.3) is 0 Å². The molecule has 2 N–H and O–H groups in total. The number of benzene rings is 1. The van der Waals surface area contributed by atoms with E-state index >= 15 is 0 Å². The van der Waals surface area contributed by atoms with Crippen LogP contribution in [-0.4, -0.2) is 30.6 Å². The molecule has 0 bridgehead atoms. The summed E-state index contributed by atoms with van der Waals surface area (Å²) < 4.78 is 13.6. The van der Waals surface area contributed by atoms with Crippen molar-refractivity contribution >= 4 is 0 Å². The fourth-order valence-electron chi connectivity index (χ4n) is 2.74. The molecule has 100 valence electrons. The van der Waals surface area contributed by atoms with Crippen molar-refractivity contribution < 1.29 is 4.39 Å². The molecule has 0 amide bonds. The van der Waals surface area contributed by atoms with E-state index in [4.69, 9.17) is 5.73 Å². The molecule has 2 rings (SSSR count). The Morgan fingerprint density at radius 2 is 2.00 bits per heavy atom. The Morgan fingerprint density at radius 3 is 2.61 bits per heavy atom. The average molecular weight is 250 g/mol. The summed E-state index contributed by atoms with van der Waals surface area (Å²) in [5.74, 6) is 0.600. The first kappa shape index (κ1) is 13.5. The number of piperidine rings is 1. The van der Waals surface area contributed by atoms with Gasteiger partial charge in [-0.2, -0.15) is 0 Å².